The Balaban J connectivity index is 1.90. The molecule has 0 aliphatic heterocycles. The molecule has 1 amide bonds. The molecule has 0 bridgehead atoms. The van der Waals surface area contributed by atoms with E-state index in [2.05, 4.69) is 10.4 Å². The molecule has 23 heavy (non-hydrogen) atoms. The van der Waals surface area contributed by atoms with E-state index < -0.39 is 0 Å². The number of amides is 1. The van der Waals surface area contributed by atoms with Gasteiger partial charge >= 0.3 is 0 Å². The summed E-state index contributed by atoms with van der Waals surface area (Å²) < 4.78 is 15.6. The average molecular weight is 317 g/mol. The van der Waals surface area contributed by atoms with Crippen LogP contribution in [-0.2, 0) is 17.8 Å². The number of halogens is 1. The maximum atomic E-state index is 13.7. The molecule has 0 saturated heterocycles. The first-order chi connectivity index (χ1) is 10.9. The molecular formula is C18H24FN3O. The molecule has 124 valence electrons. The van der Waals surface area contributed by atoms with E-state index in [1.807, 2.05) is 38.4 Å². The zero-order valence-corrected chi connectivity index (χ0v) is 14.1. The van der Waals surface area contributed by atoms with Crippen molar-refractivity contribution in [1.29, 1.82) is 0 Å². The molecule has 0 fully saturated rings. The lowest BCUT2D eigenvalue weighted by molar-refractivity contribution is -0.125. The Morgan fingerprint density at radius 2 is 2.00 bits per heavy atom. The lowest BCUT2D eigenvalue weighted by Gasteiger charge is -2.18. The lowest BCUT2D eigenvalue weighted by Crippen LogP contribution is -2.39. The van der Waals surface area contributed by atoms with Gasteiger partial charge in [0, 0.05) is 17.7 Å². The van der Waals surface area contributed by atoms with Crippen molar-refractivity contribution in [3.8, 4) is 0 Å². The van der Waals surface area contributed by atoms with Gasteiger partial charge in [-0.1, -0.05) is 25.1 Å². The minimum absolute atomic E-state index is 0.0384. The summed E-state index contributed by atoms with van der Waals surface area (Å²) in [5.41, 5.74) is 2.61. The first kappa shape index (κ1) is 17.2. The van der Waals surface area contributed by atoms with Crippen molar-refractivity contribution in [3.63, 3.8) is 0 Å². The summed E-state index contributed by atoms with van der Waals surface area (Å²) in [7, 11) is 0. The predicted octanol–water partition coefficient (Wildman–Crippen LogP) is 3.02. The lowest BCUT2D eigenvalue weighted by atomic mass is 9.99. The molecule has 1 heterocycles. The van der Waals surface area contributed by atoms with Crippen LogP contribution >= 0.6 is 0 Å². The van der Waals surface area contributed by atoms with Crippen LogP contribution in [0.1, 0.15) is 30.8 Å². The third kappa shape index (κ3) is 4.65. The van der Waals surface area contributed by atoms with Crippen LogP contribution in [0.25, 0.3) is 0 Å². The van der Waals surface area contributed by atoms with Crippen molar-refractivity contribution in [1.82, 2.24) is 15.1 Å². The molecule has 1 aromatic heterocycles. The normalized spacial score (nSPS) is 13.6. The maximum Gasteiger partial charge on any atom is 0.223 e. The van der Waals surface area contributed by atoms with Gasteiger partial charge in [0.25, 0.3) is 0 Å². The number of aryl methyl sites for hydroxylation is 2. The van der Waals surface area contributed by atoms with Crippen molar-refractivity contribution >= 4 is 5.91 Å². The van der Waals surface area contributed by atoms with E-state index in [1.165, 1.54) is 6.07 Å². The number of aromatic nitrogens is 2. The molecular weight excluding hydrogens is 293 g/mol. The van der Waals surface area contributed by atoms with Crippen molar-refractivity contribution in [3.05, 3.63) is 53.1 Å². The van der Waals surface area contributed by atoms with Crippen molar-refractivity contribution in [2.75, 3.05) is 0 Å². The SMILES string of the molecule is Cc1cc(C)n(C[C@H](C)NC(=O)[C@H](C)Cc2ccccc2F)n1. The molecule has 2 atom stereocenters. The largest absolute Gasteiger partial charge is 0.352 e. The first-order valence-electron chi connectivity index (χ1n) is 7.91. The number of carbonyl (C=O) groups is 1. The van der Waals surface area contributed by atoms with Crippen LogP contribution in [0.5, 0.6) is 0 Å². The third-order valence-corrected chi connectivity index (χ3v) is 3.87. The van der Waals surface area contributed by atoms with Crippen LogP contribution in [0.4, 0.5) is 4.39 Å². The zero-order chi connectivity index (χ0) is 17.0. The average Bonchev–Trinajstić information content (AvgIpc) is 2.79. The van der Waals surface area contributed by atoms with Gasteiger partial charge in [0.15, 0.2) is 0 Å². The van der Waals surface area contributed by atoms with E-state index in [-0.39, 0.29) is 23.7 Å². The second kappa shape index (κ2) is 7.40. The summed E-state index contributed by atoms with van der Waals surface area (Å²) in [5.74, 6) is -0.611. The molecule has 0 radical (unpaired) electrons. The van der Waals surface area contributed by atoms with Crippen LogP contribution in [0.3, 0.4) is 0 Å². The highest BCUT2D eigenvalue weighted by atomic mass is 19.1. The summed E-state index contributed by atoms with van der Waals surface area (Å²) in [6.07, 6.45) is 0.394. The molecule has 1 aromatic carbocycles. The van der Waals surface area contributed by atoms with Gasteiger partial charge in [-0.25, -0.2) is 4.39 Å². The van der Waals surface area contributed by atoms with Crippen LogP contribution in [-0.4, -0.2) is 21.7 Å². The summed E-state index contributed by atoms with van der Waals surface area (Å²) in [4.78, 5) is 12.3. The van der Waals surface area contributed by atoms with E-state index in [4.69, 9.17) is 0 Å². The molecule has 2 aromatic rings. The first-order valence-corrected chi connectivity index (χ1v) is 7.91. The summed E-state index contributed by atoms with van der Waals surface area (Å²) in [6.45, 7) is 8.33. The number of nitrogens with zero attached hydrogens (tertiary/aromatic N) is 2. The minimum Gasteiger partial charge on any atom is -0.352 e. The van der Waals surface area contributed by atoms with Crippen LogP contribution in [0, 0.1) is 25.6 Å². The third-order valence-electron chi connectivity index (χ3n) is 3.87. The number of hydrogen-bond acceptors (Lipinski definition) is 2. The molecule has 5 heteroatoms. The molecule has 0 aliphatic carbocycles. The van der Waals surface area contributed by atoms with Gasteiger partial charge in [-0.05, 0) is 44.9 Å². The van der Waals surface area contributed by atoms with Crippen molar-refractivity contribution < 1.29 is 9.18 Å². The van der Waals surface area contributed by atoms with Gasteiger partial charge in [-0.15, -0.1) is 0 Å². The van der Waals surface area contributed by atoms with Gasteiger partial charge in [0.2, 0.25) is 5.91 Å². The maximum absolute atomic E-state index is 13.7. The Bertz CT molecular complexity index is 681. The number of hydrogen-bond donors (Lipinski definition) is 1. The molecule has 0 aliphatic rings. The number of carbonyl (C=O) groups excluding carboxylic acids is 1. The monoisotopic (exact) mass is 317 g/mol. The smallest absolute Gasteiger partial charge is 0.223 e. The minimum atomic E-state index is -0.283. The highest BCUT2D eigenvalue weighted by molar-refractivity contribution is 5.78. The Labute approximate surface area is 136 Å². The van der Waals surface area contributed by atoms with E-state index in [0.717, 1.165) is 11.4 Å². The zero-order valence-electron chi connectivity index (χ0n) is 14.1. The molecule has 0 unspecified atom stereocenters. The van der Waals surface area contributed by atoms with Gasteiger partial charge in [-0.2, -0.15) is 5.10 Å². The molecule has 0 saturated carbocycles. The van der Waals surface area contributed by atoms with E-state index in [0.29, 0.717) is 18.5 Å². The fourth-order valence-electron chi connectivity index (χ4n) is 2.64. The van der Waals surface area contributed by atoms with Crippen LogP contribution < -0.4 is 5.32 Å². The predicted molar refractivity (Wildman–Crippen MR) is 88.6 cm³/mol. The Hall–Kier alpha value is -2.17. The Kier molecular flexibility index (Phi) is 5.53. The highest BCUT2D eigenvalue weighted by Crippen LogP contribution is 2.13. The molecule has 1 N–H and O–H groups in total. The van der Waals surface area contributed by atoms with E-state index in [1.54, 1.807) is 18.2 Å². The van der Waals surface area contributed by atoms with E-state index >= 15 is 0 Å². The number of nitrogens with one attached hydrogen (secondary N) is 1. The second-order valence-electron chi connectivity index (χ2n) is 6.22. The topological polar surface area (TPSA) is 46.9 Å². The molecule has 2 rings (SSSR count). The summed E-state index contributed by atoms with van der Waals surface area (Å²) in [6, 6.07) is 8.55. The van der Waals surface area contributed by atoms with Crippen molar-refractivity contribution in [2.45, 2.75) is 46.7 Å². The molecule has 0 spiro atoms. The van der Waals surface area contributed by atoms with Crippen molar-refractivity contribution in [2.24, 2.45) is 5.92 Å². The Morgan fingerprint density at radius 1 is 1.30 bits per heavy atom. The van der Waals surface area contributed by atoms with E-state index in [9.17, 15) is 9.18 Å². The fourth-order valence-corrected chi connectivity index (χ4v) is 2.64. The Morgan fingerprint density at radius 3 is 2.61 bits per heavy atom. The standard InChI is InChI=1S/C18H24FN3O/c1-12(9-16-7-5-6-8-17(16)19)18(23)20-14(3)11-22-15(4)10-13(2)21-22/h5-8,10,12,14H,9,11H2,1-4H3,(H,20,23)/t12-,14+/m1/s1. The van der Waals surface area contributed by atoms with Gasteiger partial charge < -0.3 is 5.32 Å². The van der Waals surface area contributed by atoms with Gasteiger partial charge in [-0.3, -0.25) is 9.48 Å². The second-order valence-corrected chi connectivity index (χ2v) is 6.22. The number of rotatable bonds is 6. The highest BCUT2D eigenvalue weighted by Gasteiger charge is 2.18. The number of benzene rings is 1. The fraction of sp³-hybridized carbons (Fsp3) is 0.444. The summed E-state index contributed by atoms with van der Waals surface area (Å²) in [5, 5.41) is 7.38. The van der Waals surface area contributed by atoms with Gasteiger partial charge in [0.05, 0.1) is 12.2 Å². The molecule has 4 nitrogen and oxygen atoms in total. The summed E-state index contributed by atoms with van der Waals surface area (Å²) >= 11 is 0. The quantitative estimate of drug-likeness (QED) is 0.890. The van der Waals surface area contributed by atoms with Crippen LogP contribution in [0.15, 0.2) is 30.3 Å². The van der Waals surface area contributed by atoms with Gasteiger partial charge in [0.1, 0.15) is 5.82 Å². The van der Waals surface area contributed by atoms with Crippen LogP contribution in [0.2, 0.25) is 0 Å².